The fourth-order valence-corrected chi connectivity index (χ4v) is 2.10. The molecule has 0 saturated carbocycles. The van der Waals surface area contributed by atoms with E-state index in [4.69, 9.17) is 0 Å². The van der Waals surface area contributed by atoms with Crippen molar-refractivity contribution in [3.8, 4) is 0 Å². The minimum atomic E-state index is -1.06. The van der Waals surface area contributed by atoms with Gasteiger partial charge in [0, 0.05) is 19.4 Å². The fourth-order valence-electron chi connectivity index (χ4n) is 2.10. The van der Waals surface area contributed by atoms with Gasteiger partial charge in [0.1, 0.15) is 0 Å². The molecular weight excluding hydrogens is 232 g/mol. The van der Waals surface area contributed by atoms with E-state index in [0.29, 0.717) is 5.69 Å². The predicted octanol–water partition coefficient (Wildman–Crippen LogP) is 2.14. The maximum absolute atomic E-state index is 11.3. The molecule has 0 atom stereocenters. The molecule has 2 N–H and O–H groups in total. The van der Waals surface area contributed by atoms with Crippen molar-refractivity contribution in [3.63, 3.8) is 0 Å². The van der Waals surface area contributed by atoms with Crippen molar-refractivity contribution in [1.82, 2.24) is 4.57 Å². The molecule has 5 nitrogen and oxygen atoms in total. The molecule has 18 heavy (non-hydrogen) atoms. The number of carbonyl (C=O) groups is 2. The van der Waals surface area contributed by atoms with Gasteiger partial charge in [0.05, 0.1) is 11.2 Å². The number of nitrogens with one attached hydrogen (secondary N) is 1. The van der Waals surface area contributed by atoms with E-state index in [1.807, 2.05) is 25.1 Å². The Labute approximate surface area is 104 Å². The first-order chi connectivity index (χ1) is 8.41. The van der Waals surface area contributed by atoms with E-state index in [2.05, 4.69) is 5.32 Å². The second kappa shape index (κ2) is 4.18. The number of aryl methyl sites for hydroxylation is 2. The zero-order valence-corrected chi connectivity index (χ0v) is 10.4. The molecule has 0 saturated heterocycles. The van der Waals surface area contributed by atoms with Crippen LogP contribution in [0.3, 0.4) is 0 Å². The SMILES string of the molecule is CC(=O)Nc1c(C(=O)O)n(C)c2cc(C)ccc12. The number of benzene rings is 1. The zero-order valence-electron chi connectivity index (χ0n) is 10.4. The van der Waals surface area contributed by atoms with E-state index in [-0.39, 0.29) is 11.6 Å². The lowest BCUT2D eigenvalue weighted by molar-refractivity contribution is -0.114. The highest BCUT2D eigenvalue weighted by molar-refractivity contribution is 6.10. The Morgan fingerprint density at radius 1 is 1.33 bits per heavy atom. The molecular formula is C13H14N2O3. The number of hydrogen-bond acceptors (Lipinski definition) is 2. The lowest BCUT2D eigenvalue weighted by atomic mass is 10.1. The number of carboxylic acid groups (broad SMARTS) is 1. The summed E-state index contributed by atoms with van der Waals surface area (Å²) in [6.45, 7) is 3.30. The summed E-state index contributed by atoms with van der Waals surface area (Å²) in [6, 6.07) is 5.61. The zero-order chi connectivity index (χ0) is 13.4. The highest BCUT2D eigenvalue weighted by atomic mass is 16.4. The van der Waals surface area contributed by atoms with Crippen molar-refractivity contribution in [2.24, 2.45) is 7.05 Å². The van der Waals surface area contributed by atoms with Crippen LogP contribution < -0.4 is 5.32 Å². The molecule has 0 fully saturated rings. The van der Waals surface area contributed by atoms with E-state index in [1.54, 1.807) is 11.6 Å². The molecule has 5 heteroatoms. The van der Waals surface area contributed by atoms with Gasteiger partial charge in [0.2, 0.25) is 5.91 Å². The summed E-state index contributed by atoms with van der Waals surface area (Å²) in [4.78, 5) is 22.5. The molecule has 0 spiro atoms. The number of carboxylic acids is 1. The minimum absolute atomic E-state index is 0.0887. The van der Waals surface area contributed by atoms with Crippen LogP contribution in [0.25, 0.3) is 10.9 Å². The molecule has 0 aliphatic carbocycles. The molecule has 0 aliphatic rings. The Hall–Kier alpha value is -2.30. The third-order valence-electron chi connectivity index (χ3n) is 2.86. The van der Waals surface area contributed by atoms with Gasteiger partial charge < -0.3 is 15.0 Å². The summed E-state index contributed by atoms with van der Waals surface area (Å²) in [6.07, 6.45) is 0. The number of amides is 1. The number of nitrogens with zero attached hydrogens (tertiary/aromatic N) is 1. The smallest absolute Gasteiger partial charge is 0.354 e. The van der Waals surface area contributed by atoms with Crippen molar-refractivity contribution in [2.45, 2.75) is 13.8 Å². The van der Waals surface area contributed by atoms with Crippen molar-refractivity contribution in [3.05, 3.63) is 29.5 Å². The van der Waals surface area contributed by atoms with Gasteiger partial charge in [-0.1, -0.05) is 12.1 Å². The van der Waals surface area contributed by atoms with Crippen LogP contribution in [-0.4, -0.2) is 21.6 Å². The number of anilines is 1. The fraction of sp³-hybridized carbons (Fsp3) is 0.231. The number of carbonyl (C=O) groups excluding carboxylic acids is 1. The number of fused-ring (bicyclic) bond motifs is 1. The van der Waals surface area contributed by atoms with E-state index >= 15 is 0 Å². The Kier molecular flexibility index (Phi) is 2.82. The monoisotopic (exact) mass is 246 g/mol. The molecule has 2 aromatic rings. The topological polar surface area (TPSA) is 71.3 Å². The molecule has 94 valence electrons. The van der Waals surface area contributed by atoms with Crippen molar-refractivity contribution >= 4 is 28.5 Å². The second-order valence-electron chi connectivity index (χ2n) is 4.29. The molecule has 0 unspecified atom stereocenters. The molecule has 1 aromatic carbocycles. The predicted molar refractivity (Wildman–Crippen MR) is 68.9 cm³/mol. The highest BCUT2D eigenvalue weighted by Gasteiger charge is 2.21. The highest BCUT2D eigenvalue weighted by Crippen LogP contribution is 2.31. The molecule has 0 aliphatic heterocycles. The van der Waals surface area contributed by atoms with Crippen LogP contribution in [0.4, 0.5) is 5.69 Å². The first kappa shape index (κ1) is 12.2. The maximum atomic E-state index is 11.3. The summed E-state index contributed by atoms with van der Waals surface area (Å²) in [5, 5.41) is 12.6. The van der Waals surface area contributed by atoms with Gasteiger partial charge in [-0.05, 0) is 18.6 Å². The maximum Gasteiger partial charge on any atom is 0.354 e. The number of hydrogen-bond donors (Lipinski definition) is 2. The molecule has 2 rings (SSSR count). The van der Waals surface area contributed by atoms with Gasteiger partial charge in [0.25, 0.3) is 0 Å². The van der Waals surface area contributed by atoms with Gasteiger partial charge >= 0.3 is 5.97 Å². The van der Waals surface area contributed by atoms with Crippen molar-refractivity contribution in [2.75, 3.05) is 5.32 Å². The van der Waals surface area contributed by atoms with Crippen LogP contribution >= 0.6 is 0 Å². The lowest BCUT2D eigenvalue weighted by Gasteiger charge is -2.03. The van der Waals surface area contributed by atoms with Crippen molar-refractivity contribution in [1.29, 1.82) is 0 Å². The summed E-state index contributed by atoms with van der Waals surface area (Å²) in [7, 11) is 1.68. The summed E-state index contributed by atoms with van der Waals surface area (Å²) >= 11 is 0. The van der Waals surface area contributed by atoms with Crippen LogP contribution in [0.2, 0.25) is 0 Å². The molecule has 1 amide bonds. The second-order valence-corrected chi connectivity index (χ2v) is 4.29. The standard InChI is InChI=1S/C13H14N2O3/c1-7-4-5-9-10(6-7)15(3)12(13(17)18)11(9)14-8(2)16/h4-6H,1-3H3,(H,14,16)(H,17,18). The largest absolute Gasteiger partial charge is 0.477 e. The quantitative estimate of drug-likeness (QED) is 0.852. The molecule has 1 heterocycles. The van der Waals surface area contributed by atoms with Crippen LogP contribution in [0.1, 0.15) is 23.0 Å². The van der Waals surface area contributed by atoms with Crippen molar-refractivity contribution < 1.29 is 14.7 Å². The third kappa shape index (κ3) is 1.84. The van der Waals surface area contributed by atoms with Crippen LogP contribution in [0.15, 0.2) is 18.2 Å². The summed E-state index contributed by atoms with van der Waals surface area (Å²) in [5.74, 6) is -1.35. The Morgan fingerprint density at radius 3 is 2.56 bits per heavy atom. The Bertz CT molecular complexity index is 656. The van der Waals surface area contributed by atoms with E-state index in [9.17, 15) is 14.7 Å². The van der Waals surface area contributed by atoms with Gasteiger partial charge in [-0.2, -0.15) is 0 Å². The average molecular weight is 246 g/mol. The third-order valence-corrected chi connectivity index (χ3v) is 2.86. The molecule has 0 radical (unpaired) electrons. The van der Waals surface area contributed by atoms with Gasteiger partial charge in [-0.25, -0.2) is 4.79 Å². The average Bonchev–Trinajstić information content (AvgIpc) is 2.51. The Morgan fingerprint density at radius 2 is 2.00 bits per heavy atom. The van der Waals surface area contributed by atoms with E-state index in [0.717, 1.165) is 16.5 Å². The first-order valence-electron chi connectivity index (χ1n) is 5.51. The van der Waals surface area contributed by atoms with Gasteiger partial charge in [-0.15, -0.1) is 0 Å². The lowest BCUT2D eigenvalue weighted by Crippen LogP contribution is -2.12. The van der Waals surface area contributed by atoms with Crippen LogP contribution in [0, 0.1) is 6.92 Å². The molecule has 1 aromatic heterocycles. The molecule has 0 bridgehead atoms. The van der Waals surface area contributed by atoms with Gasteiger partial charge in [0.15, 0.2) is 5.69 Å². The van der Waals surface area contributed by atoms with E-state index < -0.39 is 5.97 Å². The normalized spacial score (nSPS) is 10.6. The van der Waals surface area contributed by atoms with Crippen LogP contribution in [0.5, 0.6) is 0 Å². The summed E-state index contributed by atoms with van der Waals surface area (Å²) in [5.41, 5.74) is 2.27. The minimum Gasteiger partial charge on any atom is -0.477 e. The number of aromatic nitrogens is 1. The van der Waals surface area contributed by atoms with E-state index in [1.165, 1.54) is 6.92 Å². The number of aromatic carboxylic acids is 1. The van der Waals surface area contributed by atoms with Gasteiger partial charge in [-0.3, -0.25) is 4.79 Å². The first-order valence-corrected chi connectivity index (χ1v) is 5.51. The Balaban J connectivity index is 2.83. The summed E-state index contributed by atoms with van der Waals surface area (Å²) < 4.78 is 1.58. The van der Waals surface area contributed by atoms with Crippen LogP contribution in [-0.2, 0) is 11.8 Å². The number of rotatable bonds is 2.